The number of unbranched alkanes of at least 4 members (excludes halogenated alkanes) is 4. The van der Waals surface area contributed by atoms with Crippen molar-refractivity contribution >= 4 is 5.71 Å². The summed E-state index contributed by atoms with van der Waals surface area (Å²) in [4.78, 5) is 9.53. The highest BCUT2D eigenvalue weighted by Gasteiger charge is 2.44. The van der Waals surface area contributed by atoms with E-state index in [-0.39, 0.29) is 5.41 Å². The first-order chi connectivity index (χ1) is 14.7. The molecule has 2 heteroatoms. The standard InChI is InChI=1S/C28H46N2/c1-5-9-15-24(16-10-6-2)28(25(17-11-7-3)18-12-8-4)20-22-30-27(23-28)26-19-13-14-21-29-26/h13-14,19-22,24-25H,5-12,15-18,23H2,1-4H3. The Morgan fingerprint density at radius 2 is 1.33 bits per heavy atom. The average Bonchev–Trinajstić information content (AvgIpc) is 2.80. The highest BCUT2D eigenvalue weighted by molar-refractivity contribution is 6.00. The molecule has 2 nitrogen and oxygen atoms in total. The maximum Gasteiger partial charge on any atom is 0.0844 e. The molecule has 1 aliphatic heterocycles. The van der Waals surface area contributed by atoms with Gasteiger partial charge >= 0.3 is 0 Å². The van der Waals surface area contributed by atoms with Crippen molar-refractivity contribution in [2.45, 2.75) is 111 Å². The van der Waals surface area contributed by atoms with Crippen LogP contribution in [-0.4, -0.2) is 10.7 Å². The third kappa shape index (κ3) is 6.79. The van der Waals surface area contributed by atoms with Crippen molar-refractivity contribution in [3.8, 4) is 0 Å². The van der Waals surface area contributed by atoms with Gasteiger partial charge in [-0.25, -0.2) is 0 Å². The van der Waals surface area contributed by atoms with Crippen LogP contribution in [0.1, 0.15) is 117 Å². The van der Waals surface area contributed by atoms with Crippen LogP contribution >= 0.6 is 0 Å². The molecule has 1 aromatic heterocycles. The topological polar surface area (TPSA) is 25.2 Å². The predicted molar refractivity (Wildman–Crippen MR) is 132 cm³/mol. The summed E-state index contributed by atoms with van der Waals surface area (Å²) < 4.78 is 0. The molecule has 0 unspecified atom stereocenters. The van der Waals surface area contributed by atoms with E-state index < -0.39 is 0 Å². The molecule has 0 atom stereocenters. The summed E-state index contributed by atoms with van der Waals surface area (Å²) in [5.74, 6) is 1.50. The SMILES string of the molecule is CCCCC(CCCC)C1(C(CCCC)CCCC)C=CN=C(c2ccccn2)C1. The van der Waals surface area contributed by atoms with E-state index in [1.165, 1.54) is 82.8 Å². The maximum absolute atomic E-state index is 4.85. The van der Waals surface area contributed by atoms with Crippen LogP contribution < -0.4 is 0 Å². The predicted octanol–water partition coefficient (Wildman–Crippen LogP) is 8.77. The zero-order valence-corrected chi connectivity index (χ0v) is 20.2. The third-order valence-corrected chi connectivity index (χ3v) is 7.19. The molecule has 30 heavy (non-hydrogen) atoms. The van der Waals surface area contributed by atoms with E-state index in [0.717, 1.165) is 24.0 Å². The van der Waals surface area contributed by atoms with Gasteiger partial charge in [-0.15, -0.1) is 0 Å². The Balaban J connectivity index is 2.43. The molecule has 1 aromatic rings. The molecule has 2 rings (SSSR count). The monoisotopic (exact) mass is 410 g/mol. The molecule has 0 aromatic carbocycles. The van der Waals surface area contributed by atoms with Gasteiger partial charge in [0.1, 0.15) is 0 Å². The lowest BCUT2D eigenvalue weighted by Gasteiger charge is -2.47. The normalized spacial score (nSPS) is 15.7. The number of nitrogens with zero attached hydrogens (tertiary/aromatic N) is 2. The van der Waals surface area contributed by atoms with Crippen molar-refractivity contribution in [2.24, 2.45) is 22.2 Å². The molecule has 0 spiro atoms. The second kappa shape index (κ2) is 13.8. The molecule has 168 valence electrons. The fraction of sp³-hybridized carbons (Fsp3) is 0.714. The fourth-order valence-electron chi connectivity index (χ4n) is 5.41. The van der Waals surface area contributed by atoms with Gasteiger partial charge < -0.3 is 0 Å². The van der Waals surface area contributed by atoms with Crippen molar-refractivity contribution in [2.75, 3.05) is 0 Å². The Kier molecular flexibility index (Phi) is 11.4. The molecule has 0 saturated carbocycles. The quantitative estimate of drug-likeness (QED) is 0.283. The molecule has 0 N–H and O–H groups in total. The van der Waals surface area contributed by atoms with E-state index in [2.05, 4.69) is 57.1 Å². The molecule has 0 radical (unpaired) electrons. The molecule has 0 aliphatic carbocycles. The summed E-state index contributed by atoms with van der Waals surface area (Å²) in [5.41, 5.74) is 2.51. The molecule has 1 aliphatic rings. The van der Waals surface area contributed by atoms with Crippen molar-refractivity contribution in [3.63, 3.8) is 0 Å². The first kappa shape index (κ1) is 24.8. The van der Waals surface area contributed by atoms with Crippen LogP contribution in [0.5, 0.6) is 0 Å². The van der Waals surface area contributed by atoms with Crippen molar-refractivity contribution in [1.29, 1.82) is 0 Å². The first-order valence-electron chi connectivity index (χ1n) is 12.9. The second-order valence-electron chi connectivity index (χ2n) is 9.36. The van der Waals surface area contributed by atoms with Gasteiger partial charge in [0.05, 0.1) is 11.4 Å². The largest absolute Gasteiger partial charge is 0.259 e. The van der Waals surface area contributed by atoms with Crippen LogP contribution in [0, 0.1) is 17.3 Å². The van der Waals surface area contributed by atoms with Gasteiger partial charge in [0.25, 0.3) is 0 Å². The summed E-state index contributed by atoms with van der Waals surface area (Å²) in [6, 6.07) is 6.25. The average molecular weight is 411 g/mol. The zero-order chi connectivity index (χ0) is 21.7. The number of aromatic nitrogens is 1. The lowest BCUT2D eigenvalue weighted by Crippen LogP contribution is -2.40. The summed E-state index contributed by atoms with van der Waals surface area (Å²) in [6.07, 6.45) is 23.6. The Morgan fingerprint density at radius 3 is 1.77 bits per heavy atom. The van der Waals surface area contributed by atoms with E-state index in [0.29, 0.717) is 0 Å². The summed E-state index contributed by atoms with van der Waals surface area (Å²) in [5, 5.41) is 0. The Labute approximate surface area is 186 Å². The number of allylic oxidation sites excluding steroid dienone is 1. The van der Waals surface area contributed by atoms with Gasteiger partial charge in [-0.1, -0.05) is 91.2 Å². The van der Waals surface area contributed by atoms with Gasteiger partial charge in [0.15, 0.2) is 0 Å². The van der Waals surface area contributed by atoms with Crippen LogP contribution in [0.15, 0.2) is 41.7 Å². The molecule has 2 heterocycles. The van der Waals surface area contributed by atoms with Crippen molar-refractivity contribution in [3.05, 3.63) is 42.4 Å². The zero-order valence-electron chi connectivity index (χ0n) is 20.2. The van der Waals surface area contributed by atoms with Gasteiger partial charge in [-0.2, -0.15) is 0 Å². The van der Waals surface area contributed by atoms with Crippen LogP contribution in [0.25, 0.3) is 0 Å². The molecule has 0 fully saturated rings. The van der Waals surface area contributed by atoms with Crippen LogP contribution in [0.4, 0.5) is 0 Å². The van der Waals surface area contributed by atoms with Gasteiger partial charge in [-0.05, 0) is 49.7 Å². The summed E-state index contributed by atoms with van der Waals surface area (Å²) in [7, 11) is 0. The lowest BCUT2D eigenvalue weighted by molar-refractivity contribution is 0.0961. The van der Waals surface area contributed by atoms with E-state index in [1.54, 1.807) is 0 Å². The van der Waals surface area contributed by atoms with E-state index >= 15 is 0 Å². The minimum atomic E-state index is 0.239. The minimum Gasteiger partial charge on any atom is -0.259 e. The van der Waals surface area contributed by atoms with Crippen molar-refractivity contribution in [1.82, 2.24) is 4.98 Å². The molecule has 0 saturated heterocycles. The lowest BCUT2D eigenvalue weighted by atomic mass is 9.58. The molecular formula is C28H46N2. The smallest absolute Gasteiger partial charge is 0.0844 e. The third-order valence-electron chi connectivity index (χ3n) is 7.19. The molecular weight excluding hydrogens is 364 g/mol. The first-order valence-corrected chi connectivity index (χ1v) is 12.9. The summed E-state index contributed by atoms with van der Waals surface area (Å²) in [6.45, 7) is 9.36. The van der Waals surface area contributed by atoms with E-state index in [1.807, 2.05) is 12.3 Å². The van der Waals surface area contributed by atoms with Crippen LogP contribution in [-0.2, 0) is 0 Å². The van der Waals surface area contributed by atoms with E-state index in [4.69, 9.17) is 4.99 Å². The fourth-order valence-corrected chi connectivity index (χ4v) is 5.41. The maximum atomic E-state index is 4.85. The van der Waals surface area contributed by atoms with Gasteiger partial charge in [0, 0.05) is 24.2 Å². The number of hydrogen-bond acceptors (Lipinski definition) is 2. The van der Waals surface area contributed by atoms with Gasteiger partial charge in [0.2, 0.25) is 0 Å². The summed E-state index contributed by atoms with van der Waals surface area (Å²) >= 11 is 0. The minimum absolute atomic E-state index is 0.239. The Morgan fingerprint density at radius 1 is 0.800 bits per heavy atom. The van der Waals surface area contributed by atoms with Gasteiger partial charge in [-0.3, -0.25) is 9.98 Å². The molecule has 0 amide bonds. The molecule has 0 bridgehead atoms. The number of aliphatic imine (C=N–C) groups is 1. The van der Waals surface area contributed by atoms with E-state index in [9.17, 15) is 0 Å². The number of rotatable bonds is 15. The second-order valence-corrected chi connectivity index (χ2v) is 9.36. The van der Waals surface area contributed by atoms with Crippen LogP contribution in [0.2, 0.25) is 0 Å². The number of pyridine rings is 1. The Hall–Kier alpha value is -1.44. The number of hydrogen-bond donors (Lipinski definition) is 0. The Bertz CT molecular complexity index is 595. The van der Waals surface area contributed by atoms with Crippen molar-refractivity contribution < 1.29 is 0 Å². The highest BCUT2D eigenvalue weighted by atomic mass is 14.8. The highest BCUT2D eigenvalue weighted by Crippen LogP contribution is 2.51. The van der Waals surface area contributed by atoms with Crippen LogP contribution in [0.3, 0.4) is 0 Å².